The van der Waals surface area contributed by atoms with E-state index in [9.17, 15) is 13.5 Å². The van der Waals surface area contributed by atoms with Crippen LogP contribution < -0.4 is 11.5 Å². The van der Waals surface area contributed by atoms with Crippen LogP contribution in [0.3, 0.4) is 0 Å². The zero-order valence-electron chi connectivity index (χ0n) is 18.0. The number of nitrogens with one attached hydrogen (secondary N) is 1. The molecule has 0 fully saturated rings. The van der Waals surface area contributed by atoms with Crippen molar-refractivity contribution in [1.29, 1.82) is 5.41 Å². The van der Waals surface area contributed by atoms with E-state index in [1.54, 1.807) is 0 Å². The molecule has 6 N–H and O–H groups in total. The summed E-state index contributed by atoms with van der Waals surface area (Å²) in [7, 11) is -1.21. The zero-order chi connectivity index (χ0) is 23.6. The molecule has 0 radical (unpaired) electrons. The van der Waals surface area contributed by atoms with E-state index in [2.05, 4.69) is 15.0 Å². The average molecular weight is 452 g/mol. The summed E-state index contributed by atoms with van der Waals surface area (Å²) in [5.41, 5.74) is 11.5. The monoisotopic (exact) mass is 451 g/mol. The Morgan fingerprint density at radius 3 is 2.52 bits per heavy atom. The largest absolute Gasteiger partial charge is 0.504 e. The predicted octanol–water partition coefficient (Wildman–Crippen LogP) is 1.37. The van der Waals surface area contributed by atoms with Crippen LogP contribution in [-0.4, -0.2) is 68.8 Å². The molecule has 0 aromatic heterocycles. The standard InChI is InChI=1S/C19H29N7O4S/c1-5-8-13(30-6-2)12-23-19(25-16(21)11-20)18(22)24-14-9-7-10-15(17(14)27)31(28,29)26(3)4/h7-11,20,27H,5-6,12H2,1-4H3,(H2,22,24)(H2,21,23,25)/b13-8-,20-11?. The van der Waals surface area contributed by atoms with Crippen LogP contribution in [0.1, 0.15) is 20.3 Å². The topological polar surface area (TPSA) is 180 Å². The molecule has 0 bridgehead atoms. The molecule has 12 heteroatoms. The Morgan fingerprint density at radius 1 is 1.29 bits per heavy atom. The van der Waals surface area contributed by atoms with E-state index in [0.717, 1.165) is 16.9 Å². The van der Waals surface area contributed by atoms with E-state index in [1.807, 2.05) is 19.9 Å². The Balaban J connectivity index is 3.48. The van der Waals surface area contributed by atoms with Gasteiger partial charge in [-0.3, -0.25) is 4.99 Å². The average Bonchev–Trinajstić information content (AvgIpc) is 2.72. The number of nitrogens with zero attached hydrogens (tertiary/aromatic N) is 4. The van der Waals surface area contributed by atoms with Crippen LogP contribution >= 0.6 is 0 Å². The molecule has 0 saturated heterocycles. The van der Waals surface area contributed by atoms with Gasteiger partial charge in [-0.25, -0.2) is 22.7 Å². The van der Waals surface area contributed by atoms with Gasteiger partial charge in [0.1, 0.15) is 22.2 Å². The number of amidine groups is 3. The van der Waals surface area contributed by atoms with E-state index < -0.39 is 15.8 Å². The fourth-order valence-electron chi connectivity index (χ4n) is 2.25. The molecule has 0 unspecified atom stereocenters. The molecular weight excluding hydrogens is 422 g/mol. The van der Waals surface area contributed by atoms with E-state index in [0.29, 0.717) is 12.4 Å². The summed E-state index contributed by atoms with van der Waals surface area (Å²) in [5.74, 6) is -0.457. The Morgan fingerprint density at radius 2 is 1.97 bits per heavy atom. The first kappa shape index (κ1) is 25.8. The zero-order valence-corrected chi connectivity index (χ0v) is 18.8. The number of sulfonamides is 1. The number of aromatic hydroxyl groups is 1. The highest BCUT2D eigenvalue weighted by atomic mass is 32.2. The number of phenolic OH excluding ortho intramolecular Hbond substituents is 1. The van der Waals surface area contributed by atoms with Crippen LogP contribution in [0.25, 0.3) is 0 Å². The van der Waals surface area contributed by atoms with Crippen molar-refractivity contribution in [3.63, 3.8) is 0 Å². The Bertz CT molecular complexity index is 1010. The van der Waals surface area contributed by atoms with Gasteiger partial charge in [0.05, 0.1) is 19.4 Å². The smallest absolute Gasteiger partial charge is 0.246 e. The molecule has 0 aliphatic rings. The highest BCUT2D eigenvalue weighted by molar-refractivity contribution is 7.89. The molecule has 1 aromatic carbocycles. The fourth-order valence-corrected chi connectivity index (χ4v) is 3.24. The number of allylic oxidation sites excluding steroid dienone is 1. The van der Waals surface area contributed by atoms with Gasteiger partial charge in [-0.1, -0.05) is 13.0 Å². The van der Waals surface area contributed by atoms with E-state index >= 15 is 0 Å². The molecule has 11 nitrogen and oxygen atoms in total. The highest BCUT2D eigenvalue weighted by Gasteiger charge is 2.23. The Hall–Kier alpha value is -3.25. The number of aliphatic imine (C=N–C) groups is 3. The van der Waals surface area contributed by atoms with Gasteiger partial charge in [0.2, 0.25) is 10.0 Å². The van der Waals surface area contributed by atoms with Gasteiger partial charge in [0.15, 0.2) is 17.4 Å². The minimum Gasteiger partial charge on any atom is -0.504 e. The number of phenols is 1. The van der Waals surface area contributed by atoms with Gasteiger partial charge < -0.3 is 26.7 Å². The minimum absolute atomic E-state index is 0.0918. The molecule has 0 heterocycles. The van der Waals surface area contributed by atoms with Gasteiger partial charge in [-0.05, 0) is 31.6 Å². The van der Waals surface area contributed by atoms with Crippen molar-refractivity contribution in [3.05, 3.63) is 30.0 Å². The van der Waals surface area contributed by atoms with Crippen molar-refractivity contribution in [2.75, 3.05) is 27.2 Å². The number of ether oxygens (including phenoxy) is 1. The number of benzene rings is 1. The van der Waals surface area contributed by atoms with Gasteiger partial charge in [0.25, 0.3) is 0 Å². The van der Waals surface area contributed by atoms with Crippen molar-refractivity contribution in [1.82, 2.24) is 4.31 Å². The van der Waals surface area contributed by atoms with Crippen LogP contribution in [0.2, 0.25) is 0 Å². The molecule has 170 valence electrons. The maximum Gasteiger partial charge on any atom is 0.246 e. The van der Waals surface area contributed by atoms with Gasteiger partial charge in [-0.2, -0.15) is 0 Å². The number of rotatable bonds is 9. The molecule has 0 aliphatic carbocycles. The number of nitrogens with two attached hydrogens (primary N) is 2. The summed E-state index contributed by atoms with van der Waals surface area (Å²) >= 11 is 0. The summed E-state index contributed by atoms with van der Waals surface area (Å²) in [4.78, 5) is 12.0. The number of para-hydroxylation sites is 1. The molecular formula is C19H29N7O4S. The summed E-state index contributed by atoms with van der Waals surface area (Å²) in [5, 5.41) is 17.7. The molecule has 1 rings (SSSR count). The first-order valence-electron chi connectivity index (χ1n) is 9.38. The second-order valence-corrected chi connectivity index (χ2v) is 8.36. The summed E-state index contributed by atoms with van der Waals surface area (Å²) < 4.78 is 31.2. The highest BCUT2D eigenvalue weighted by Crippen LogP contribution is 2.34. The maximum atomic E-state index is 12.4. The quantitative estimate of drug-likeness (QED) is 0.250. The lowest BCUT2D eigenvalue weighted by Crippen LogP contribution is -2.26. The first-order valence-corrected chi connectivity index (χ1v) is 10.8. The van der Waals surface area contributed by atoms with E-state index in [-0.39, 0.29) is 34.6 Å². The minimum atomic E-state index is -3.90. The van der Waals surface area contributed by atoms with Gasteiger partial charge in [0, 0.05) is 14.1 Å². The molecule has 0 amide bonds. The maximum absolute atomic E-state index is 12.4. The molecule has 0 saturated carbocycles. The van der Waals surface area contributed by atoms with Crippen molar-refractivity contribution >= 4 is 39.4 Å². The number of hydrogen-bond donors (Lipinski definition) is 4. The van der Waals surface area contributed by atoms with Crippen molar-refractivity contribution in [2.45, 2.75) is 25.2 Å². The van der Waals surface area contributed by atoms with Crippen LogP contribution in [0.4, 0.5) is 5.69 Å². The van der Waals surface area contributed by atoms with Crippen LogP contribution in [0.5, 0.6) is 5.75 Å². The van der Waals surface area contributed by atoms with Crippen molar-refractivity contribution in [2.24, 2.45) is 26.4 Å². The lowest BCUT2D eigenvalue weighted by atomic mass is 10.3. The van der Waals surface area contributed by atoms with Gasteiger partial charge >= 0.3 is 0 Å². The molecule has 31 heavy (non-hydrogen) atoms. The van der Waals surface area contributed by atoms with Gasteiger partial charge in [-0.15, -0.1) is 0 Å². The normalized spacial score (nSPS) is 14.1. The molecule has 0 spiro atoms. The first-order chi connectivity index (χ1) is 14.6. The van der Waals surface area contributed by atoms with Crippen LogP contribution in [0.15, 0.2) is 49.9 Å². The van der Waals surface area contributed by atoms with Crippen molar-refractivity contribution in [3.8, 4) is 5.75 Å². The number of hydrogen-bond acceptors (Lipinski definition) is 7. The second kappa shape index (κ2) is 11.8. The SMILES string of the molecule is CC/C=C(/CN=C(N=C(N)C=N)C(N)=Nc1cccc(S(=O)(=O)N(C)C)c1O)OCC. The van der Waals surface area contributed by atoms with Crippen LogP contribution in [0, 0.1) is 5.41 Å². The third-order valence-electron chi connectivity index (χ3n) is 3.74. The lowest BCUT2D eigenvalue weighted by Gasteiger charge is -2.13. The Kier molecular flexibility index (Phi) is 9.83. The lowest BCUT2D eigenvalue weighted by molar-refractivity contribution is 0.225. The second-order valence-electron chi connectivity index (χ2n) is 6.24. The third kappa shape index (κ3) is 7.19. The summed E-state index contributed by atoms with van der Waals surface area (Å²) in [6.07, 6.45) is 3.40. The van der Waals surface area contributed by atoms with Crippen molar-refractivity contribution < 1.29 is 18.3 Å². The fraction of sp³-hybridized carbons (Fsp3) is 0.368. The molecule has 0 atom stereocenters. The third-order valence-corrected chi connectivity index (χ3v) is 5.58. The Labute approximate surface area is 182 Å². The van der Waals surface area contributed by atoms with Crippen LogP contribution in [-0.2, 0) is 14.8 Å². The summed E-state index contributed by atoms with van der Waals surface area (Å²) in [6.45, 7) is 4.34. The van der Waals surface area contributed by atoms with E-state index in [1.165, 1.54) is 32.3 Å². The van der Waals surface area contributed by atoms with E-state index in [4.69, 9.17) is 21.6 Å². The molecule has 0 aliphatic heterocycles. The summed E-state index contributed by atoms with van der Waals surface area (Å²) in [6, 6.07) is 4.07. The molecule has 1 aromatic rings. The predicted molar refractivity (Wildman–Crippen MR) is 123 cm³/mol.